The van der Waals surface area contributed by atoms with E-state index in [1.54, 1.807) is 0 Å². The van der Waals surface area contributed by atoms with Crippen molar-refractivity contribution in [3.63, 3.8) is 0 Å². The van der Waals surface area contributed by atoms with E-state index in [2.05, 4.69) is 22.0 Å². The zero-order chi connectivity index (χ0) is 13.1. The maximum Gasteiger partial charge on any atom is 0.241 e. The third kappa shape index (κ3) is 3.58. The zero-order valence-electron chi connectivity index (χ0n) is 11.6. The highest BCUT2D eigenvalue weighted by atomic mass is 35.5. The van der Waals surface area contributed by atoms with E-state index in [0.29, 0.717) is 11.7 Å². The van der Waals surface area contributed by atoms with Gasteiger partial charge in [-0.2, -0.15) is 4.98 Å². The highest BCUT2D eigenvalue weighted by Gasteiger charge is 2.18. The Morgan fingerprint density at radius 3 is 2.60 bits per heavy atom. The number of benzene rings is 1. The Morgan fingerprint density at radius 2 is 1.90 bits per heavy atom. The van der Waals surface area contributed by atoms with Gasteiger partial charge in [-0.25, -0.2) is 0 Å². The van der Waals surface area contributed by atoms with Gasteiger partial charge in [0, 0.05) is 5.56 Å². The SMILES string of the molecule is CC1CCN(Cc2nc(-c3ccccc3)no2)CC1.[Cl-]. The molecule has 108 valence electrons. The number of aromatic nitrogens is 2. The van der Waals surface area contributed by atoms with Crippen molar-refractivity contribution in [3.05, 3.63) is 36.2 Å². The fourth-order valence-corrected chi connectivity index (χ4v) is 2.44. The first kappa shape index (κ1) is 15.0. The Labute approximate surface area is 125 Å². The molecular formula is C15H19ClN3O-. The molecular weight excluding hydrogens is 274 g/mol. The first-order valence-electron chi connectivity index (χ1n) is 6.91. The molecule has 1 aliphatic rings. The summed E-state index contributed by atoms with van der Waals surface area (Å²) in [7, 11) is 0. The highest BCUT2D eigenvalue weighted by Crippen LogP contribution is 2.19. The maximum absolute atomic E-state index is 5.35. The minimum Gasteiger partial charge on any atom is -1.00 e. The van der Waals surface area contributed by atoms with Gasteiger partial charge >= 0.3 is 0 Å². The van der Waals surface area contributed by atoms with E-state index in [9.17, 15) is 0 Å². The zero-order valence-corrected chi connectivity index (χ0v) is 12.4. The van der Waals surface area contributed by atoms with Crippen LogP contribution >= 0.6 is 0 Å². The van der Waals surface area contributed by atoms with Gasteiger partial charge < -0.3 is 16.9 Å². The molecule has 4 nitrogen and oxygen atoms in total. The molecule has 0 bridgehead atoms. The lowest BCUT2D eigenvalue weighted by atomic mass is 9.99. The van der Waals surface area contributed by atoms with Crippen LogP contribution in [0.5, 0.6) is 0 Å². The number of piperidine rings is 1. The summed E-state index contributed by atoms with van der Waals surface area (Å²) in [5, 5.41) is 4.05. The van der Waals surface area contributed by atoms with Gasteiger partial charge in [-0.15, -0.1) is 0 Å². The van der Waals surface area contributed by atoms with Gasteiger partial charge in [-0.05, 0) is 31.8 Å². The van der Waals surface area contributed by atoms with Crippen molar-refractivity contribution < 1.29 is 16.9 Å². The lowest BCUT2D eigenvalue weighted by Crippen LogP contribution is -3.00. The predicted octanol–water partition coefficient (Wildman–Crippen LogP) is -0.0275. The minimum absolute atomic E-state index is 0. The largest absolute Gasteiger partial charge is 1.00 e. The highest BCUT2D eigenvalue weighted by molar-refractivity contribution is 5.53. The summed E-state index contributed by atoms with van der Waals surface area (Å²) in [6.07, 6.45) is 2.53. The Hall–Kier alpha value is -1.39. The van der Waals surface area contributed by atoms with Gasteiger partial charge in [0.25, 0.3) is 0 Å². The van der Waals surface area contributed by atoms with Crippen molar-refractivity contribution in [1.29, 1.82) is 0 Å². The molecule has 1 aromatic heterocycles. The van der Waals surface area contributed by atoms with Gasteiger partial charge in [0.2, 0.25) is 11.7 Å². The van der Waals surface area contributed by atoms with Crippen LogP contribution in [-0.4, -0.2) is 28.1 Å². The second-order valence-corrected chi connectivity index (χ2v) is 5.34. The summed E-state index contributed by atoms with van der Waals surface area (Å²) in [6, 6.07) is 9.95. The molecule has 20 heavy (non-hydrogen) atoms. The predicted molar refractivity (Wildman–Crippen MR) is 73.4 cm³/mol. The van der Waals surface area contributed by atoms with Crippen LogP contribution in [0.2, 0.25) is 0 Å². The van der Waals surface area contributed by atoms with Crippen LogP contribution in [0, 0.1) is 5.92 Å². The molecule has 3 rings (SSSR count). The molecule has 5 heteroatoms. The second-order valence-electron chi connectivity index (χ2n) is 5.34. The van der Waals surface area contributed by atoms with E-state index in [4.69, 9.17) is 4.52 Å². The summed E-state index contributed by atoms with van der Waals surface area (Å²) in [5.41, 5.74) is 1.00. The Kier molecular flexibility index (Phi) is 5.15. The van der Waals surface area contributed by atoms with E-state index in [1.165, 1.54) is 12.8 Å². The monoisotopic (exact) mass is 292 g/mol. The first-order chi connectivity index (χ1) is 9.31. The molecule has 1 fully saturated rings. The summed E-state index contributed by atoms with van der Waals surface area (Å²) in [5.74, 6) is 2.24. The van der Waals surface area contributed by atoms with Gasteiger partial charge in [0.1, 0.15) is 0 Å². The third-order valence-corrected chi connectivity index (χ3v) is 3.74. The molecule has 0 spiro atoms. The average molecular weight is 293 g/mol. The second kappa shape index (κ2) is 6.86. The van der Waals surface area contributed by atoms with Crippen LogP contribution in [0.1, 0.15) is 25.7 Å². The van der Waals surface area contributed by atoms with Crippen molar-refractivity contribution in [2.45, 2.75) is 26.3 Å². The molecule has 1 aliphatic heterocycles. The van der Waals surface area contributed by atoms with Crippen molar-refractivity contribution >= 4 is 0 Å². The quantitative estimate of drug-likeness (QED) is 0.797. The summed E-state index contributed by atoms with van der Waals surface area (Å²) >= 11 is 0. The van der Waals surface area contributed by atoms with Crippen LogP contribution in [0.15, 0.2) is 34.9 Å². The molecule has 0 aliphatic carbocycles. The molecule has 0 unspecified atom stereocenters. The van der Waals surface area contributed by atoms with Crippen molar-refractivity contribution in [3.8, 4) is 11.4 Å². The molecule has 0 amide bonds. The van der Waals surface area contributed by atoms with Crippen molar-refractivity contribution in [1.82, 2.24) is 15.0 Å². The van der Waals surface area contributed by atoms with Gasteiger partial charge in [0.05, 0.1) is 6.54 Å². The fourth-order valence-electron chi connectivity index (χ4n) is 2.44. The Bertz CT molecular complexity index is 521. The fraction of sp³-hybridized carbons (Fsp3) is 0.467. The van der Waals surface area contributed by atoms with Crippen LogP contribution in [-0.2, 0) is 6.54 Å². The molecule has 0 radical (unpaired) electrons. The molecule has 0 atom stereocenters. The molecule has 2 aromatic rings. The van der Waals surface area contributed by atoms with E-state index < -0.39 is 0 Å². The number of nitrogens with zero attached hydrogens (tertiary/aromatic N) is 3. The summed E-state index contributed by atoms with van der Waals surface area (Å²) < 4.78 is 5.35. The van der Waals surface area contributed by atoms with Crippen LogP contribution in [0.4, 0.5) is 0 Å². The normalized spacial score (nSPS) is 16.9. The number of hydrogen-bond acceptors (Lipinski definition) is 4. The minimum atomic E-state index is 0. The molecule has 1 saturated heterocycles. The molecule has 0 N–H and O–H groups in total. The van der Waals surface area contributed by atoms with Gasteiger partial charge in [0.15, 0.2) is 0 Å². The number of likely N-dealkylation sites (tertiary alicyclic amines) is 1. The van der Waals surface area contributed by atoms with E-state index in [-0.39, 0.29) is 12.4 Å². The average Bonchev–Trinajstić information content (AvgIpc) is 2.91. The third-order valence-electron chi connectivity index (χ3n) is 3.74. The molecule has 1 aromatic carbocycles. The number of hydrogen-bond donors (Lipinski definition) is 0. The van der Waals surface area contributed by atoms with E-state index in [0.717, 1.165) is 31.1 Å². The van der Waals surface area contributed by atoms with E-state index >= 15 is 0 Å². The Balaban J connectivity index is 0.00000147. The number of rotatable bonds is 3. The van der Waals surface area contributed by atoms with Crippen LogP contribution < -0.4 is 12.4 Å². The van der Waals surface area contributed by atoms with Gasteiger partial charge in [-0.3, -0.25) is 4.90 Å². The van der Waals surface area contributed by atoms with Crippen molar-refractivity contribution in [2.75, 3.05) is 13.1 Å². The first-order valence-corrected chi connectivity index (χ1v) is 6.91. The molecule has 0 saturated carbocycles. The maximum atomic E-state index is 5.35. The van der Waals surface area contributed by atoms with Gasteiger partial charge in [-0.1, -0.05) is 42.4 Å². The smallest absolute Gasteiger partial charge is 0.241 e. The number of halogens is 1. The van der Waals surface area contributed by atoms with Crippen LogP contribution in [0.25, 0.3) is 11.4 Å². The van der Waals surface area contributed by atoms with E-state index in [1.807, 2.05) is 30.3 Å². The lowest BCUT2D eigenvalue weighted by Gasteiger charge is -2.28. The van der Waals surface area contributed by atoms with Crippen LogP contribution in [0.3, 0.4) is 0 Å². The summed E-state index contributed by atoms with van der Waals surface area (Å²) in [4.78, 5) is 6.87. The summed E-state index contributed by atoms with van der Waals surface area (Å²) in [6.45, 7) is 5.35. The van der Waals surface area contributed by atoms with Crippen molar-refractivity contribution in [2.24, 2.45) is 5.92 Å². The Morgan fingerprint density at radius 1 is 1.20 bits per heavy atom. The topological polar surface area (TPSA) is 42.2 Å². The lowest BCUT2D eigenvalue weighted by molar-refractivity contribution is -0.00000463. The standard InChI is InChI=1S/C15H19N3O.ClH/c1-12-7-9-18(10-8-12)11-14-16-15(17-19-14)13-5-3-2-4-6-13;/h2-6,12H,7-11H2,1H3;1H/p-1. The molecule has 2 heterocycles.